The molecule has 1 amide bonds. The molecule has 140 valence electrons. The fraction of sp³-hybridized carbons (Fsp3) is 0.714. The lowest BCUT2D eigenvalue weighted by Gasteiger charge is -2.41. The number of rotatable bonds is 4. The van der Waals surface area contributed by atoms with Crippen molar-refractivity contribution in [2.75, 3.05) is 25.0 Å². The summed E-state index contributed by atoms with van der Waals surface area (Å²) in [5.41, 5.74) is 1.92. The molecular weight excluding hydrogens is 342 g/mol. The Morgan fingerprint density at radius 3 is 2.81 bits per heavy atom. The van der Waals surface area contributed by atoms with Crippen LogP contribution in [0.2, 0.25) is 0 Å². The van der Waals surface area contributed by atoms with E-state index in [2.05, 4.69) is 16.3 Å². The smallest absolute Gasteiger partial charge is 0.226 e. The highest BCUT2D eigenvalue weighted by molar-refractivity contribution is 7.16. The summed E-state index contributed by atoms with van der Waals surface area (Å²) in [6, 6.07) is 2.33. The summed E-state index contributed by atoms with van der Waals surface area (Å²) >= 11 is 1.62. The molecule has 2 fully saturated rings. The highest BCUT2D eigenvalue weighted by Gasteiger charge is 2.31. The van der Waals surface area contributed by atoms with Crippen LogP contribution >= 0.6 is 11.3 Å². The van der Waals surface area contributed by atoms with E-state index >= 15 is 0 Å². The minimum Gasteiger partial charge on any atom is -0.317 e. The fourth-order valence-electron chi connectivity index (χ4n) is 5.10. The van der Waals surface area contributed by atoms with Crippen molar-refractivity contribution >= 4 is 22.2 Å². The van der Waals surface area contributed by atoms with Gasteiger partial charge in [-0.3, -0.25) is 4.79 Å². The topological polar surface area (TPSA) is 56.1 Å². The van der Waals surface area contributed by atoms with Crippen LogP contribution in [0.4, 0.5) is 5.00 Å². The van der Waals surface area contributed by atoms with E-state index in [1.807, 2.05) is 0 Å². The summed E-state index contributed by atoms with van der Waals surface area (Å²) in [5.74, 6) is 1.85. The standard InChI is InChI=1S/C21H29N3OS/c22-13-18-17-7-3-4-8-19(17)26-21(18)23-20(25)10-12-24-11-9-15-5-1-2-6-16(15)14-24/h15-16H,1-12,14H2,(H,23,25)/t15-,16-/m1/s1. The number of fused-ring (bicyclic) bond motifs is 2. The number of thiophene rings is 1. The van der Waals surface area contributed by atoms with Gasteiger partial charge in [-0.15, -0.1) is 11.3 Å². The van der Waals surface area contributed by atoms with Gasteiger partial charge in [0.2, 0.25) is 5.91 Å². The molecule has 5 heteroatoms. The number of anilines is 1. The molecule has 2 atom stereocenters. The maximum atomic E-state index is 12.5. The maximum absolute atomic E-state index is 12.5. The minimum atomic E-state index is 0.0610. The summed E-state index contributed by atoms with van der Waals surface area (Å²) in [6.07, 6.45) is 11.8. The van der Waals surface area contributed by atoms with Crippen LogP contribution in [0.15, 0.2) is 0 Å². The van der Waals surface area contributed by atoms with Gasteiger partial charge in [-0.25, -0.2) is 0 Å². The Morgan fingerprint density at radius 2 is 1.96 bits per heavy atom. The highest BCUT2D eigenvalue weighted by Crippen LogP contribution is 2.38. The fourth-order valence-corrected chi connectivity index (χ4v) is 6.36. The molecule has 1 aliphatic heterocycles. The molecule has 26 heavy (non-hydrogen) atoms. The molecule has 1 N–H and O–H groups in total. The average Bonchev–Trinajstić information content (AvgIpc) is 3.03. The first-order chi connectivity index (χ1) is 12.7. The molecule has 3 aliphatic rings. The molecule has 0 unspecified atom stereocenters. The molecule has 1 aromatic heterocycles. The van der Waals surface area contributed by atoms with Gasteiger partial charge in [-0.2, -0.15) is 5.26 Å². The zero-order chi connectivity index (χ0) is 17.9. The van der Waals surface area contributed by atoms with Crippen molar-refractivity contribution in [2.45, 2.75) is 64.2 Å². The van der Waals surface area contributed by atoms with E-state index in [1.165, 1.54) is 55.5 Å². The van der Waals surface area contributed by atoms with Crippen molar-refractivity contribution < 1.29 is 4.79 Å². The second kappa shape index (κ2) is 8.10. The Hall–Kier alpha value is -1.38. The molecule has 0 radical (unpaired) electrons. The number of piperidine rings is 1. The Morgan fingerprint density at radius 1 is 1.15 bits per heavy atom. The number of likely N-dealkylation sites (tertiary alicyclic amines) is 1. The summed E-state index contributed by atoms with van der Waals surface area (Å²) in [5, 5.41) is 13.3. The van der Waals surface area contributed by atoms with Crippen LogP contribution < -0.4 is 5.32 Å². The van der Waals surface area contributed by atoms with Crippen LogP contribution in [0, 0.1) is 23.2 Å². The molecule has 1 saturated heterocycles. The van der Waals surface area contributed by atoms with Crippen molar-refractivity contribution in [1.82, 2.24) is 4.90 Å². The molecule has 0 spiro atoms. The number of carbonyl (C=O) groups excluding carboxylic acids is 1. The predicted molar refractivity (Wildman–Crippen MR) is 105 cm³/mol. The number of nitrogens with zero attached hydrogens (tertiary/aromatic N) is 2. The lowest BCUT2D eigenvalue weighted by Crippen LogP contribution is -2.42. The average molecular weight is 372 g/mol. The van der Waals surface area contributed by atoms with E-state index in [0.29, 0.717) is 6.42 Å². The van der Waals surface area contributed by atoms with E-state index in [1.54, 1.807) is 11.3 Å². The van der Waals surface area contributed by atoms with Crippen molar-refractivity contribution in [3.05, 3.63) is 16.0 Å². The van der Waals surface area contributed by atoms with Crippen molar-refractivity contribution in [1.29, 1.82) is 5.26 Å². The maximum Gasteiger partial charge on any atom is 0.226 e. The molecule has 0 aromatic carbocycles. The third-order valence-corrected chi connectivity index (χ3v) is 7.77. The van der Waals surface area contributed by atoms with E-state index in [9.17, 15) is 10.1 Å². The molecule has 4 nitrogen and oxygen atoms in total. The van der Waals surface area contributed by atoms with Crippen LogP contribution in [0.5, 0.6) is 0 Å². The lowest BCUT2D eigenvalue weighted by atomic mass is 9.75. The van der Waals surface area contributed by atoms with Crippen LogP contribution in [0.3, 0.4) is 0 Å². The van der Waals surface area contributed by atoms with E-state index in [-0.39, 0.29) is 5.91 Å². The zero-order valence-corrected chi connectivity index (χ0v) is 16.4. The Balaban J connectivity index is 1.31. The number of hydrogen-bond acceptors (Lipinski definition) is 4. The third kappa shape index (κ3) is 3.82. The zero-order valence-electron chi connectivity index (χ0n) is 15.6. The van der Waals surface area contributed by atoms with Gasteiger partial charge in [0.1, 0.15) is 11.1 Å². The van der Waals surface area contributed by atoms with E-state index in [0.717, 1.165) is 54.8 Å². The van der Waals surface area contributed by atoms with Crippen molar-refractivity contribution in [3.8, 4) is 6.07 Å². The second-order valence-electron chi connectivity index (χ2n) is 8.22. The second-order valence-corrected chi connectivity index (χ2v) is 9.32. The Labute approximate surface area is 160 Å². The Kier molecular flexibility index (Phi) is 5.61. The van der Waals surface area contributed by atoms with Gasteiger partial charge in [-0.1, -0.05) is 19.3 Å². The molecule has 1 saturated carbocycles. The van der Waals surface area contributed by atoms with Gasteiger partial charge in [0, 0.05) is 24.4 Å². The number of carbonyl (C=O) groups is 1. The summed E-state index contributed by atoms with van der Waals surface area (Å²) in [4.78, 5) is 16.3. The van der Waals surface area contributed by atoms with Gasteiger partial charge in [0.25, 0.3) is 0 Å². The third-order valence-electron chi connectivity index (χ3n) is 6.57. The number of aryl methyl sites for hydroxylation is 1. The number of nitriles is 1. The first-order valence-corrected chi connectivity index (χ1v) is 11.1. The van der Waals surface area contributed by atoms with Crippen LogP contribution in [-0.2, 0) is 17.6 Å². The minimum absolute atomic E-state index is 0.0610. The normalized spacial score (nSPS) is 25.8. The SMILES string of the molecule is N#Cc1c(NC(=O)CCN2CC[C@H]3CCCC[C@@H]3C2)sc2c1CCCC2. The largest absolute Gasteiger partial charge is 0.317 e. The molecule has 4 rings (SSSR count). The van der Waals surface area contributed by atoms with Gasteiger partial charge in [0.15, 0.2) is 0 Å². The molecule has 0 bridgehead atoms. The van der Waals surface area contributed by atoms with E-state index in [4.69, 9.17) is 0 Å². The molecule has 1 aromatic rings. The number of amides is 1. The first kappa shape index (κ1) is 18.0. The van der Waals surface area contributed by atoms with Gasteiger partial charge in [-0.05, 0) is 62.5 Å². The van der Waals surface area contributed by atoms with Gasteiger partial charge in [0.05, 0.1) is 5.56 Å². The number of hydrogen-bond donors (Lipinski definition) is 1. The summed E-state index contributed by atoms with van der Waals surface area (Å²) in [6.45, 7) is 3.17. The van der Waals surface area contributed by atoms with Crippen LogP contribution in [0.1, 0.15) is 67.4 Å². The van der Waals surface area contributed by atoms with Crippen molar-refractivity contribution in [2.24, 2.45) is 11.8 Å². The van der Waals surface area contributed by atoms with Gasteiger partial charge < -0.3 is 10.2 Å². The van der Waals surface area contributed by atoms with Crippen molar-refractivity contribution in [3.63, 3.8) is 0 Å². The molecule has 2 heterocycles. The van der Waals surface area contributed by atoms with Crippen LogP contribution in [0.25, 0.3) is 0 Å². The highest BCUT2D eigenvalue weighted by atomic mass is 32.1. The monoisotopic (exact) mass is 371 g/mol. The quantitative estimate of drug-likeness (QED) is 0.856. The summed E-state index contributed by atoms with van der Waals surface area (Å²) < 4.78 is 0. The summed E-state index contributed by atoms with van der Waals surface area (Å²) in [7, 11) is 0. The van der Waals surface area contributed by atoms with E-state index < -0.39 is 0 Å². The molecular formula is C21H29N3OS. The number of nitrogens with one attached hydrogen (secondary N) is 1. The Bertz CT molecular complexity index is 705. The predicted octanol–water partition coefficient (Wildman–Crippen LogP) is 4.34. The lowest BCUT2D eigenvalue weighted by molar-refractivity contribution is -0.116. The first-order valence-electron chi connectivity index (χ1n) is 10.3. The van der Waals surface area contributed by atoms with Crippen LogP contribution in [-0.4, -0.2) is 30.4 Å². The van der Waals surface area contributed by atoms with Gasteiger partial charge >= 0.3 is 0 Å². The molecule has 2 aliphatic carbocycles.